The predicted octanol–water partition coefficient (Wildman–Crippen LogP) is 3.27. The number of carbonyl (C=O) groups excluding carboxylic acids is 1. The van der Waals surface area contributed by atoms with Crippen molar-refractivity contribution in [2.45, 2.75) is 71.8 Å². The smallest absolute Gasteiger partial charge is 0.303 e. The maximum absolute atomic E-state index is 12.6. The van der Waals surface area contributed by atoms with Crippen LogP contribution in [0.15, 0.2) is 0 Å². The van der Waals surface area contributed by atoms with Gasteiger partial charge in [-0.05, 0) is 74.5 Å². The molecule has 3 rings (SSSR count). The van der Waals surface area contributed by atoms with Gasteiger partial charge in [-0.25, -0.2) is 0 Å². The van der Waals surface area contributed by atoms with Gasteiger partial charge in [0, 0.05) is 11.8 Å². The summed E-state index contributed by atoms with van der Waals surface area (Å²) in [7, 11) is 0. The highest BCUT2D eigenvalue weighted by atomic mass is 16.4. The molecule has 4 heteroatoms. The second-order valence-corrected chi connectivity index (χ2v) is 8.73. The van der Waals surface area contributed by atoms with Crippen LogP contribution in [0.3, 0.4) is 0 Å². The highest BCUT2D eigenvalue weighted by Gasteiger charge is 2.60. The minimum Gasteiger partial charge on any atom is -0.481 e. The molecular weight excluding hydrogens is 292 g/mol. The van der Waals surface area contributed by atoms with Crippen molar-refractivity contribution >= 4 is 11.8 Å². The summed E-state index contributed by atoms with van der Waals surface area (Å²) in [5.41, 5.74) is -0.519. The molecule has 4 nitrogen and oxygen atoms in total. The number of hydrogen-bond donors (Lipinski definition) is 2. The highest BCUT2D eigenvalue weighted by Crippen LogP contribution is 2.64. The maximum Gasteiger partial charge on any atom is 0.303 e. The molecule has 0 amide bonds. The number of ketones is 1. The minimum absolute atomic E-state index is 0.00149. The first-order chi connectivity index (χ1) is 10.7. The molecule has 0 aliphatic heterocycles. The average molecular weight is 322 g/mol. The number of Topliss-reactive ketones (excluding diaryl/α,β-unsaturated/α-hetero) is 1. The Bertz CT molecular complexity index is 515. The van der Waals surface area contributed by atoms with Gasteiger partial charge in [-0.3, -0.25) is 9.59 Å². The number of aliphatic hydroxyl groups is 1. The lowest BCUT2D eigenvalue weighted by atomic mass is 9.46. The molecule has 23 heavy (non-hydrogen) atoms. The number of fused-ring (bicyclic) bond motifs is 3. The van der Waals surface area contributed by atoms with E-state index in [-0.39, 0.29) is 35.6 Å². The number of carbonyl (C=O) groups is 2. The number of rotatable bonds is 3. The van der Waals surface area contributed by atoms with Gasteiger partial charge in [0.2, 0.25) is 0 Å². The molecule has 130 valence electrons. The first-order valence-corrected chi connectivity index (χ1v) is 9.12. The topological polar surface area (TPSA) is 74.6 Å². The summed E-state index contributed by atoms with van der Waals surface area (Å²) in [4.78, 5) is 23.8. The fourth-order valence-corrected chi connectivity index (χ4v) is 6.48. The van der Waals surface area contributed by atoms with E-state index in [0.29, 0.717) is 11.8 Å². The Morgan fingerprint density at radius 3 is 2.35 bits per heavy atom. The number of carboxylic acids is 1. The van der Waals surface area contributed by atoms with Crippen LogP contribution in [0.5, 0.6) is 0 Å². The molecule has 3 aliphatic rings. The predicted molar refractivity (Wildman–Crippen MR) is 86.8 cm³/mol. The van der Waals surface area contributed by atoms with Crippen molar-refractivity contribution in [1.82, 2.24) is 0 Å². The highest BCUT2D eigenvalue weighted by molar-refractivity contribution is 5.83. The maximum atomic E-state index is 12.6. The van der Waals surface area contributed by atoms with Crippen LogP contribution >= 0.6 is 0 Å². The van der Waals surface area contributed by atoms with Crippen molar-refractivity contribution in [1.29, 1.82) is 0 Å². The Kier molecular flexibility index (Phi) is 4.11. The van der Waals surface area contributed by atoms with E-state index in [1.165, 1.54) is 0 Å². The molecule has 0 bridgehead atoms. The normalized spacial score (nSPS) is 49.3. The van der Waals surface area contributed by atoms with E-state index in [1.54, 1.807) is 6.92 Å². The Labute approximate surface area is 138 Å². The van der Waals surface area contributed by atoms with Crippen LogP contribution in [0.4, 0.5) is 0 Å². The molecule has 0 saturated heterocycles. The number of carboxylic acid groups (broad SMARTS) is 1. The fraction of sp³-hybridized carbons (Fsp3) is 0.895. The summed E-state index contributed by atoms with van der Waals surface area (Å²) in [5.74, 6) is 0.542. The van der Waals surface area contributed by atoms with Gasteiger partial charge in [-0.15, -0.1) is 0 Å². The van der Waals surface area contributed by atoms with Gasteiger partial charge in [-0.1, -0.05) is 13.8 Å². The van der Waals surface area contributed by atoms with Crippen molar-refractivity contribution in [2.75, 3.05) is 0 Å². The van der Waals surface area contributed by atoms with Crippen molar-refractivity contribution < 1.29 is 19.8 Å². The molecule has 2 unspecified atom stereocenters. The Morgan fingerprint density at radius 1 is 1.04 bits per heavy atom. The standard InChI is InChI=1S/C19H30O4/c1-11(20)19(3)12(10-17(22)23)4-5-13-14-6-7-16(21)18(14,2)9-8-15(13)19/h12-16,21H,4-10H2,1-3H3,(H,22,23)/t12?,13-,14-,15-,16?,18-,19-/m0/s1. The minimum atomic E-state index is -0.794. The van der Waals surface area contributed by atoms with Crippen molar-refractivity contribution in [3.63, 3.8) is 0 Å². The first kappa shape index (κ1) is 16.9. The van der Waals surface area contributed by atoms with Crippen molar-refractivity contribution in [2.24, 2.45) is 34.5 Å². The van der Waals surface area contributed by atoms with Gasteiger partial charge in [0.05, 0.1) is 6.10 Å². The van der Waals surface area contributed by atoms with Gasteiger partial charge in [0.1, 0.15) is 5.78 Å². The van der Waals surface area contributed by atoms with Gasteiger partial charge in [0.25, 0.3) is 0 Å². The second-order valence-electron chi connectivity index (χ2n) is 8.73. The fourth-order valence-electron chi connectivity index (χ4n) is 6.48. The van der Waals surface area contributed by atoms with E-state index >= 15 is 0 Å². The SMILES string of the molecule is CC(=O)[C@@]1(C)C(CC(=O)O)CC[C@@H]2[C@@H]1CC[C@]1(C)C(O)CC[C@@H]21. The second kappa shape index (κ2) is 5.58. The average Bonchev–Trinajstić information content (AvgIpc) is 2.77. The van der Waals surface area contributed by atoms with Gasteiger partial charge >= 0.3 is 5.97 Å². The molecule has 0 heterocycles. The van der Waals surface area contributed by atoms with E-state index in [9.17, 15) is 19.8 Å². The molecule has 0 radical (unpaired) electrons. The van der Waals surface area contributed by atoms with Crippen LogP contribution < -0.4 is 0 Å². The summed E-state index contributed by atoms with van der Waals surface area (Å²) in [6.07, 6.45) is 5.56. The number of aliphatic carboxylic acids is 1. The molecular formula is C19H30O4. The summed E-state index contributed by atoms with van der Waals surface area (Å²) < 4.78 is 0. The van der Waals surface area contributed by atoms with Crippen molar-refractivity contribution in [3.05, 3.63) is 0 Å². The molecule has 7 atom stereocenters. The summed E-state index contributed by atoms with van der Waals surface area (Å²) in [5, 5.41) is 19.7. The first-order valence-electron chi connectivity index (χ1n) is 9.12. The summed E-state index contributed by atoms with van der Waals surface area (Å²) in [6.45, 7) is 5.89. The third-order valence-electron chi connectivity index (χ3n) is 8.03. The summed E-state index contributed by atoms with van der Waals surface area (Å²) >= 11 is 0. The van der Waals surface area contributed by atoms with Gasteiger partial charge < -0.3 is 10.2 Å². The van der Waals surface area contributed by atoms with E-state index in [1.807, 2.05) is 6.92 Å². The molecule has 3 fully saturated rings. The lowest BCUT2D eigenvalue weighted by Gasteiger charge is -2.57. The monoisotopic (exact) mass is 322 g/mol. The Hall–Kier alpha value is -0.900. The molecule has 3 aliphatic carbocycles. The molecule has 0 aromatic heterocycles. The van der Waals surface area contributed by atoms with Gasteiger partial charge in [0.15, 0.2) is 0 Å². The van der Waals surface area contributed by atoms with E-state index in [0.717, 1.165) is 38.5 Å². The lowest BCUT2D eigenvalue weighted by molar-refractivity contribution is -0.155. The third-order valence-corrected chi connectivity index (χ3v) is 8.03. The quantitative estimate of drug-likeness (QED) is 0.836. The molecule has 3 saturated carbocycles. The molecule has 0 spiro atoms. The van der Waals surface area contributed by atoms with Gasteiger partial charge in [-0.2, -0.15) is 0 Å². The van der Waals surface area contributed by atoms with E-state index < -0.39 is 11.4 Å². The van der Waals surface area contributed by atoms with Crippen LogP contribution in [-0.2, 0) is 9.59 Å². The number of aliphatic hydroxyl groups excluding tert-OH is 1. The molecule has 0 aromatic rings. The third kappa shape index (κ3) is 2.36. The van der Waals surface area contributed by atoms with Crippen LogP contribution in [0, 0.1) is 34.5 Å². The van der Waals surface area contributed by atoms with E-state index in [4.69, 9.17) is 0 Å². The Balaban J connectivity index is 1.93. The number of hydrogen-bond acceptors (Lipinski definition) is 3. The van der Waals surface area contributed by atoms with Crippen LogP contribution in [0.2, 0.25) is 0 Å². The molecule has 2 N–H and O–H groups in total. The van der Waals surface area contributed by atoms with Crippen LogP contribution in [0.25, 0.3) is 0 Å². The summed E-state index contributed by atoms with van der Waals surface area (Å²) in [6, 6.07) is 0. The lowest BCUT2D eigenvalue weighted by Crippen LogP contribution is -2.55. The zero-order valence-electron chi connectivity index (χ0n) is 14.5. The van der Waals surface area contributed by atoms with Crippen LogP contribution in [0.1, 0.15) is 65.7 Å². The largest absolute Gasteiger partial charge is 0.481 e. The zero-order chi connectivity index (χ0) is 17.0. The van der Waals surface area contributed by atoms with Crippen LogP contribution in [-0.4, -0.2) is 28.1 Å². The zero-order valence-corrected chi connectivity index (χ0v) is 14.5. The molecule has 0 aromatic carbocycles. The van der Waals surface area contributed by atoms with Crippen molar-refractivity contribution in [3.8, 4) is 0 Å². The van der Waals surface area contributed by atoms with E-state index in [2.05, 4.69) is 6.92 Å². The Morgan fingerprint density at radius 2 is 1.74 bits per heavy atom.